The fourth-order valence-electron chi connectivity index (χ4n) is 3.52. The Morgan fingerprint density at radius 1 is 1.00 bits per heavy atom. The summed E-state index contributed by atoms with van der Waals surface area (Å²) < 4.78 is 47.1. The number of carbonyl (C=O) groups excluding carboxylic acids is 1. The van der Waals surface area contributed by atoms with Crippen LogP contribution in [0.4, 0.5) is 4.39 Å². The molecule has 1 saturated heterocycles. The van der Waals surface area contributed by atoms with Crippen molar-refractivity contribution in [1.82, 2.24) is 13.5 Å². The number of ether oxygens (including phenoxy) is 1. The molecule has 0 atom stereocenters. The molecule has 0 bridgehead atoms. The summed E-state index contributed by atoms with van der Waals surface area (Å²) in [6.07, 6.45) is 0. The predicted octanol–water partition coefficient (Wildman–Crippen LogP) is 2.75. The molecule has 1 heterocycles. The lowest BCUT2D eigenvalue weighted by Gasteiger charge is -2.36. The van der Waals surface area contributed by atoms with E-state index in [0.29, 0.717) is 37.5 Å². The zero-order valence-corrected chi connectivity index (χ0v) is 18.6. The average Bonchev–Trinajstić information content (AvgIpc) is 2.79. The molecule has 1 aliphatic heterocycles. The van der Waals surface area contributed by atoms with Crippen molar-refractivity contribution in [1.29, 1.82) is 0 Å². The summed E-state index contributed by atoms with van der Waals surface area (Å²) >= 11 is 0. The van der Waals surface area contributed by atoms with E-state index in [-0.39, 0.29) is 31.4 Å². The van der Waals surface area contributed by atoms with Gasteiger partial charge in [-0.25, -0.2) is 4.39 Å². The van der Waals surface area contributed by atoms with Crippen LogP contribution in [0.15, 0.2) is 48.5 Å². The second-order valence-corrected chi connectivity index (χ2v) is 9.12. The van der Waals surface area contributed by atoms with Crippen LogP contribution in [-0.4, -0.2) is 67.1 Å². The quantitative estimate of drug-likeness (QED) is 0.621. The van der Waals surface area contributed by atoms with Gasteiger partial charge in [-0.05, 0) is 29.8 Å². The lowest BCUT2D eigenvalue weighted by atomic mass is 10.1. The van der Waals surface area contributed by atoms with E-state index in [1.807, 2.05) is 13.8 Å². The van der Waals surface area contributed by atoms with Gasteiger partial charge >= 0.3 is 0 Å². The Morgan fingerprint density at radius 2 is 1.61 bits per heavy atom. The van der Waals surface area contributed by atoms with Gasteiger partial charge in [-0.15, -0.1) is 0 Å². The molecule has 0 saturated carbocycles. The van der Waals surface area contributed by atoms with Crippen LogP contribution in [0.2, 0.25) is 0 Å². The molecule has 0 radical (unpaired) electrons. The van der Waals surface area contributed by atoms with Crippen molar-refractivity contribution in [3.63, 3.8) is 0 Å². The maximum atomic E-state index is 13.1. The van der Waals surface area contributed by atoms with E-state index in [0.717, 1.165) is 5.56 Å². The van der Waals surface area contributed by atoms with Gasteiger partial charge in [0.2, 0.25) is 0 Å². The zero-order chi connectivity index (χ0) is 22.4. The molecule has 3 rings (SSSR count). The highest BCUT2D eigenvalue weighted by atomic mass is 32.2. The van der Waals surface area contributed by atoms with E-state index in [1.165, 1.54) is 20.7 Å². The molecule has 0 aliphatic carbocycles. The van der Waals surface area contributed by atoms with Crippen LogP contribution in [0.1, 0.15) is 29.8 Å². The molecule has 2 aromatic rings. The monoisotopic (exact) mass is 449 g/mol. The van der Waals surface area contributed by atoms with Crippen LogP contribution in [0.3, 0.4) is 0 Å². The van der Waals surface area contributed by atoms with Gasteiger partial charge in [-0.3, -0.25) is 4.79 Å². The Kier molecular flexibility index (Phi) is 7.64. The normalized spacial score (nSPS) is 15.3. The van der Waals surface area contributed by atoms with Crippen molar-refractivity contribution >= 4 is 16.1 Å². The maximum Gasteiger partial charge on any atom is 0.282 e. The standard InChI is InChI=1S/C22H28FN3O4S/c1-3-25(4-2)31(28,29)26-15-13-24(14-16-26)22(27)20-7-5-6-8-21(20)30-17-18-9-11-19(23)12-10-18/h5-12H,3-4,13-17H2,1-2H3. The van der Waals surface area contributed by atoms with Crippen LogP contribution in [0.5, 0.6) is 5.75 Å². The van der Waals surface area contributed by atoms with Crippen molar-refractivity contribution in [2.24, 2.45) is 0 Å². The minimum absolute atomic E-state index is 0.199. The summed E-state index contributed by atoms with van der Waals surface area (Å²) in [5.41, 5.74) is 1.21. The molecule has 1 fully saturated rings. The van der Waals surface area contributed by atoms with Crippen molar-refractivity contribution < 1.29 is 22.3 Å². The number of hydrogen-bond donors (Lipinski definition) is 0. The molecular weight excluding hydrogens is 421 g/mol. The van der Waals surface area contributed by atoms with Gasteiger partial charge in [-0.1, -0.05) is 38.1 Å². The number of nitrogens with zero attached hydrogens (tertiary/aromatic N) is 3. The van der Waals surface area contributed by atoms with Crippen LogP contribution in [-0.2, 0) is 16.8 Å². The van der Waals surface area contributed by atoms with Crippen molar-refractivity contribution in [2.45, 2.75) is 20.5 Å². The third-order valence-electron chi connectivity index (χ3n) is 5.31. The third-order valence-corrected chi connectivity index (χ3v) is 7.50. The van der Waals surface area contributed by atoms with Crippen molar-refractivity contribution in [3.05, 3.63) is 65.5 Å². The number of para-hydroxylation sites is 1. The number of piperazine rings is 1. The lowest BCUT2D eigenvalue weighted by Crippen LogP contribution is -2.54. The molecule has 31 heavy (non-hydrogen) atoms. The van der Waals surface area contributed by atoms with Gasteiger partial charge in [0.25, 0.3) is 16.1 Å². The largest absolute Gasteiger partial charge is 0.488 e. The van der Waals surface area contributed by atoms with Gasteiger partial charge in [0.15, 0.2) is 0 Å². The molecule has 9 heteroatoms. The molecule has 1 aliphatic rings. The van der Waals surface area contributed by atoms with E-state index in [2.05, 4.69) is 0 Å². The fourth-order valence-corrected chi connectivity index (χ4v) is 5.12. The first-order chi connectivity index (χ1) is 14.9. The SMILES string of the molecule is CCN(CC)S(=O)(=O)N1CCN(C(=O)c2ccccc2OCc2ccc(F)cc2)CC1. The lowest BCUT2D eigenvalue weighted by molar-refractivity contribution is 0.0689. The molecule has 0 aromatic heterocycles. The molecular formula is C22H28FN3O4S. The minimum Gasteiger partial charge on any atom is -0.488 e. The first kappa shape index (κ1) is 23.2. The average molecular weight is 450 g/mol. The summed E-state index contributed by atoms with van der Waals surface area (Å²) in [7, 11) is -3.51. The minimum atomic E-state index is -3.51. The predicted molar refractivity (Wildman–Crippen MR) is 116 cm³/mol. The van der Waals surface area contributed by atoms with E-state index < -0.39 is 10.2 Å². The van der Waals surface area contributed by atoms with E-state index in [1.54, 1.807) is 41.3 Å². The van der Waals surface area contributed by atoms with Crippen molar-refractivity contribution in [2.75, 3.05) is 39.3 Å². The van der Waals surface area contributed by atoms with Gasteiger partial charge in [0.05, 0.1) is 5.56 Å². The summed E-state index contributed by atoms with van der Waals surface area (Å²) in [6.45, 7) is 5.78. The van der Waals surface area contributed by atoms with Crippen molar-refractivity contribution in [3.8, 4) is 5.75 Å². The first-order valence-electron chi connectivity index (χ1n) is 10.4. The third kappa shape index (κ3) is 5.41. The van der Waals surface area contributed by atoms with Gasteiger partial charge in [-0.2, -0.15) is 17.0 Å². The number of amides is 1. The molecule has 1 amide bonds. The van der Waals surface area contributed by atoms with E-state index in [9.17, 15) is 17.6 Å². The Labute approximate surface area is 183 Å². The summed E-state index contributed by atoms with van der Waals surface area (Å²) in [6, 6.07) is 13.0. The Balaban J connectivity index is 1.65. The molecule has 0 spiro atoms. The van der Waals surface area contributed by atoms with Gasteiger partial charge in [0.1, 0.15) is 18.2 Å². The number of hydrogen-bond acceptors (Lipinski definition) is 4. The highest BCUT2D eigenvalue weighted by Crippen LogP contribution is 2.23. The van der Waals surface area contributed by atoms with Crippen LogP contribution in [0.25, 0.3) is 0 Å². The summed E-state index contributed by atoms with van der Waals surface area (Å²) in [5, 5.41) is 0. The molecule has 7 nitrogen and oxygen atoms in total. The maximum absolute atomic E-state index is 13.1. The molecule has 0 unspecified atom stereocenters. The smallest absolute Gasteiger partial charge is 0.282 e. The molecule has 168 valence electrons. The number of halogens is 1. The summed E-state index contributed by atoms with van der Waals surface area (Å²) in [4.78, 5) is 14.7. The molecule has 2 aromatic carbocycles. The highest BCUT2D eigenvalue weighted by Gasteiger charge is 2.32. The zero-order valence-electron chi connectivity index (χ0n) is 17.8. The Hall–Kier alpha value is -2.49. The number of rotatable bonds is 8. The van der Waals surface area contributed by atoms with Gasteiger partial charge in [0, 0.05) is 39.3 Å². The topological polar surface area (TPSA) is 70.2 Å². The molecule has 0 N–H and O–H groups in total. The van der Waals surface area contributed by atoms with Crippen LogP contribution >= 0.6 is 0 Å². The second-order valence-electron chi connectivity index (χ2n) is 7.19. The second kappa shape index (κ2) is 10.2. The number of carbonyl (C=O) groups is 1. The van der Waals surface area contributed by atoms with Gasteiger partial charge < -0.3 is 9.64 Å². The van der Waals surface area contributed by atoms with Crippen LogP contribution in [0, 0.1) is 5.82 Å². The number of benzene rings is 2. The Morgan fingerprint density at radius 3 is 2.23 bits per heavy atom. The highest BCUT2D eigenvalue weighted by molar-refractivity contribution is 7.86. The van der Waals surface area contributed by atoms with E-state index in [4.69, 9.17) is 4.74 Å². The summed E-state index contributed by atoms with van der Waals surface area (Å²) in [5.74, 6) is -0.0777. The van der Waals surface area contributed by atoms with Crippen LogP contribution < -0.4 is 4.74 Å². The Bertz CT molecular complexity index is 986. The fraction of sp³-hybridized carbons (Fsp3) is 0.409. The van der Waals surface area contributed by atoms with E-state index >= 15 is 0 Å². The first-order valence-corrected chi connectivity index (χ1v) is 11.8.